The van der Waals surface area contributed by atoms with E-state index in [2.05, 4.69) is 0 Å². The lowest BCUT2D eigenvalue weighted by Gasteiger charge is -2.26. The predicted molar refractivity (Wildman–Crippen MR) is 204 cm³/mol. The van der Waals surface area contributed by atoms with Crippen LogP contribution in [0, 0.1) is 0 Å². The van der Waals surface area contributed by atoms with E-state index in [0.717, 1.165) is 10.8 Å². The number of rotatable bonds is 5. The summed E-state index contributed by atoms with van der Waals surface area (Å²) in [6, 6.07) is 13.3. The fourth-order valence-electron chi connectivity index (χ4n) is 6.21. The third-order valence-corrected chi connectivity index (χ3v) is 8.48. The molecular formula is C46H29NO2. The van der Waals surface area contributed by atoms with E-state index < -0.39 is 118 Å². The predicted octanol–water partition coefficient (Wildman–Crippen LogP) is 13.4. The van der Waals surface area contributed by atoms with E-state index in [1.54, 1.807) is 60.7 Å². The highest BCUT2D eigenvalue weighted by atomic mass is 16.3. The van der Waals surface area contributed by atoms with Crippen LogP contribution in [0.3, 0.4) is 0 Å². The van der Waals surface area contributed by atoms with Crippen molar-refractivity contribution in [3.05, 3.63) is 176 Å². The molecule has 0 radical (unpaired) electrons. The van der Waals surface area contributed by atoms with E-state index in [-0.39, 0.29) is 33.4 Å². The first-order valence-electron chi connectivity index (χ1n) is 22.9. The van der Waals surface area contributed by atoms with E-state index in [1.807, 2.05) is 24.3 Å². The summed E-state index contributed by atoms with van der Waals surface area (Å²) in [4.78, 5) is 0.710. The summed E-state index contributed by atoms with van der Waals surface area (Å²) in [5, 5.41) is 1.75. The van der Waals surface area contributed by atoms with Gasteiger partial charge in [-0.05, 0) is 70.3 Å². The smallest absolute Gasteiger partial charge is 0.143 e. The Morgan fingerprint density at radius 3 is 1.43 bits per heavy atom. The molecule has 0 fully saturated rings. The van der Waals surface area contributed by atoms with Gasteiger partial charge in [0.05, 0.1) is 20.6 Å². The fourth-order valence-corrected chi connectivity index (χ4v) is 6.21. The number of furan rings is 2. The van der Waals surface area contributed by atoms with Crippen molar-refractivity contribution in [2.24, 2.45) is 0 Å². The molecule has 2 heterocycles. The second-order valence-corrected chi connectivity index (χ2v) is 11.3. The number of hydrogen-bond donors (Lipinski definition) is 0. The molecule has 0 bridgehead atoms. The van der Waals surface area contributed by atoms with Crippen molar-refractivity contribution >= 4 is 71.7 Å². The number of nitrogens with zero attached hydrogens (tertiary/aromatic N) is 1. The lowest BCUT2D eigenvalue weighted by molar-refractivity contribution is 0.669. The van der Waals surface area contributed by atoms with Crippen LogP contribution in [-0.4, -0.2) is 0 Å². The summed E-state index contributed by atoms with van der Waals surface area (Å²) >= 11 is 0. The molecule has 2 aromatic heterocycles. The maximum atomic E-state index is 9.55. The largest absolute Gasteiger partial charge is 0.455 e. The van der Waals surface area contributed by atoms with Gasteiger partial charge in [-0.3, -0.25) is 0 Å². The summed E-state index contributed by atoms with van der Waals surface area (Å²) in [5.74, 6) is 0. The summed E-state index contributed by atoms with van der Waals surface area (Å²) in [5.41, 5.74) is -0.592. The van der Waals surface area contributed by atoms with E-state index in [9.17, 15) is 13.7 Å². The fraction of sp³-hybridized carbons (Fsp3) is 0. The highest BCUT2D eigenvalue weighted by molar-refractivity contribution is 6.10. The van der Waals surface area contributed by atoms with E-state index in [1.165, 1.54) is 0 Å². The van der Waals surface area contributed by atoms with Gasteiger partial charge in [0.1, 0.15) is 22.3 Å². The summed E-state index contributed by atoms with van der Waals surface area (Å²) < 4.78 is 150. The minimum atomic E-state index is -0.886. The van der Waals surface area contributed by atoms with Crippen LogP contribution in [0.25, 0.3) is 76.9 Å². The first-order chi connectivity index (χ1) is 30.6. The van der Waals surface area contributed by atoms with Crippen molar-refractivity contribution in [1.82, 2.24) is 0 Å². The molecule has 0 unspecified atom stereocenters. The molecule has 0 aliphatic rings. The number of benzene rings is 8. The average Bonchev–Trinajstić information content (AvgIpc) is 3.87. The second kappa shape index (κ2) is 11.0. The lowest BCUT2D eigenvalue weighted by atomic mass is 10.0. The number of anilines is 3. The van der Waals surface area contributed by atoms with Gasteiger partial charge in [-0.1, -0.05) is 127 Å². The standard InChI is InChI=1S/C46H29NO2/c1-2-10-33-29-36(28-19-30(33)9-1)47(34-24-20-31(21-25-34)37-13-7-15-41-39-11-3-5-17-43(39)48-45(37)41)35-26-22-32(23-27-35)38-14-8-16-42-40-12-4-6-18-44(40)49-46(38)42/h1-29H/i1D,2D,9D,10D,19D,20D,21D,22D,23D,24D,25D,26D,27D,28D,29D. The van der Waals surface area contributed by atoms with Crippen LogP contribution in [-0.2, 0) is 0 Å². The number of hydrogen-bond acceptors (Lipinski definition) is 3. The summed E-state index contributed by atoms with van der Waals surface area (Å²) in [6.45, 7) is 0. The van der Waals surface area contributed by atoms with Crippen LogP contribution in [0.4, 0.5) is 17.1 Å². The summed E-state index contributed by atoms with van der Waals surface area (Å²) in [7, 11) is 0. The Balaban J connectivity index is 1.31. The number of para-hydroxylation sites is 4. The van der Waals surface area contributed by atoms with Crippen molar-refractivity contribution in [2.45, 2.75) is 0 Å². The van der Waals surface area contributed by atoms with Crippen LogP contribution in [0.5, 0.6) is 0 Å². The number of fused-ring (bicyclic) bond motifs is 7. The molecule has 0 N–H and O–H groups in total. The Kier molecular flexibility index (Phi) is 3.70. The molecule has 3 nitrogen and oxygen atoms in total. The molecule has 0 saturated carbocycles. The maximum Gasteiger partial charge on any atom is 0.143 e. The molecule has 10 rings (SSSR count). The molecule has 49 heavy (non-hydrogen) atoms. The van der Waals surface area contributed by atoms with Crippen LogP contribution in [0.15, 0.2) is 184 Å². The molecule has 3 heteroatoms. The van der Waals surface area contributed by atoms with Crippen molar-refractivity contribution in [1.29, 1.82) is 0 Å². The molecule has 0 saturated heterocycles. The van der Waals surface area contributed by atoms with E-state index in [0.29, 0.717) is 26.8 Å². The minimum absolute atomic E-state index is 0.191. The Labute approximate surface area is 303 Å². The lowest BCUT2D eigenvalue weighted by Crippen LogP contribution is -2.09. The Hall–Kier alpha value is -6.58. The van der Waals surface area contributed by atoms with Crippen LogP contribution >= 0.6 is 0 Å². The van der Waals surface area contributed by atoms with Crippen LogP contribution < -0.4 is 4.90 Å². The Morgan fingerprint density at radius 2 is 0.878 bits per heavy atom. The van der Waals surface area contributed by atoms with Crippen molar-refractivity contribution in [2.75, 3.05) is 4.90 Å². The van der Waals surface area contributed by atoms with Crippen LogP contribution in [0.2, 0.25) is 0 Å². The van der Waals surface area contributed by atoms with Gasteiger partial charge in [0.2, 0.25) is 0 Å². The first-order valence-corrected chi connectivity index (χ1v) is 15.4. The van der Waals surface area contributed by atoms with Gasteiger partial charge in [-0.2, -0.15) is 0 Å². The van der Waals surface area contributed by atoms with Gasteiger partial charge < -0.3 is 13.7 Å². The minimum Gasteiger partial charge on any atom is -0.455 e. The van der Waals surface area contributed by atoms with Gasteiger partial charge in [0.15, 0.2) is 0 Å². The highest BCUT2D eigenvalue weighted by Gasteiger charge is 2.17. The van der Waals surface area contributed by atoms with Crippen LogP contribution in [0.1, 0.15) is 20.6 Å². The molecule has 0 spiro atoms. The van der Waals surface area contributed by atoms with Gasteiger partial charge in [-0.15, -0.1) is 0 Å². The van der Waals surface area contributed by atoms with Crippen molar-refractivity contribution < 1.29 is 29.4 Å². The Morgan fingerprint density at radius 1 is 0.408 bits per heavy atom. The molecule has 230 valence electrons. The quantitative estimate of drug-likeness (QED) is 0.187. The van der Waals surface area contributed by atoms with Gasteiger partial charge in [-0.25, -0.2) is 0 Å². The van der Waals surface area contributed by atoms with Crippen molar-refractivity contribution in [3.8, 4) is 22.3 Å². The molecule has 8 aromatic carbocycles. The van der Waals surface area contributed by atoms with Gasteiger partial charge in [0, 0.05) is 49.7 Å². The Bertz CT molecular complexity index is 3470. The van der Waals surface area contributed by atoms with Gasteiger partial charge >= 0.3 is 0 Å². The van der Waals surface area contributed by atoms with E-state index >= 15 is 0 Å². The van der Waals surface area contributed by atoms with E-state index in [4.69, 9.17) is 15.7 Å². The molecule has 0 atom stereocenters. The SMILES string of the molecule is [2H]c1c([2H])c(N(c2c([2H])c([2H])c(-c3cccc4c3oc3ccccc34)c([2H])c2[2H])c2c([2H])c([2H])c3c([2H])c([2H])c([2H])c([2H])c3c2[2H])c([2H])c([2H])c1-c1cccc2c1oc1ccccc12. The third-order valence-electron chi connectivity index (χ3n) is 8.48. The topological polar surface area (TPSA) is 29.5 Å². The molecule has 10 aromatic rings. The average molecular weight is 643 g/mol. The maximum absolute atomic E-state index is 9.55. The summed E-state index contributed by atoms with van der Waals surface area (Å²) in [6.07, 6.45) is 0. The zero-order chi connectivity index (χ0) is 45.4. The first kappa shape index (κ1) is 16.5. The van der Waals surface area contributed by atoms with Gasteiger partial charge in [0.25, 0.3) is 0 Å². The zero-order valence-electron chi connectivity index (χ0n) is 40.3. The highest BCUT2D eigenvalue weighted by Crippen LogP contribution is 2.41. The second-order valence-electron chi connectivity index (χ2n) is 11.3. The molecule has 0 aliphatic carbocycles. The van der Waals surface area contributed by atoms with Crippen molar-refractivity contribution in [3.63, 3.8) is 0 Å². The zero-order valence-corrected chi connectivity index (χ0v) is 25.3. The molecule has 0 amide bonds. The third kappa shape index (κ3) is 4.51. The molecular weight excluding hydrogens is 599 g/mol. The molecule has 0 aliphatic heterocycles. The monoisotopic (exact) mass is 642 g/mol. The normalized spacial score (nSPS) is 16.0.